The number of rotatable bonds is 8. The summed E-state index contributed by atoms with van der Waals surface area (Å²) in [5.74, 6) is 1.32. The smallest absolute Gasteiger partial charge is 0.0625 e. The summed E-state index contributed by atoms with van der Waals surface area (Å²) in [6.45, 7) is 10.6. The van der Waals surface area contributed by atoms with Crippen LogP contribution in [-0.4, -0.2) is 21.7 Å². The zero-order valence-corrected chi connectivity index (χ0v) is 12.8. The Hall–Kier alpha value is -0.540. The summed E-state index contributed by atoms with van der Waals surface area (Å²) >= 11 is 5.85. The molecule has 104 valence electrons. The standard InChI is InChI=1S/C14H26ClN3/c1-5-12-9-13(18(6-2)17-12)10-16-14(7-8-15)11(3)4/h9,11,14,16H,5-8,10H2,1-4H3. The summed E-state index contributed by atoms with van der Waals surface area (Å²) in [4.78, 5) is 0. The van der Waals surface area contributed by atoms with E-state index >= 15 is 0 Å². The Kier molecular flexibility index (Phi) is 6.72. The fraction of sp³-hybridized carbons (Fsp3) is 0.786. The quantitative estimate of drug-likeness (QED) is 0.736. The highest BCUT2D eigenvalue weighted by Crippen LogP contribution is 2.10. The predicted molar refractivity (Wildman–Crippen MR) is 78.1 cm³/mol. The van der Waals surface area contributed by atoms with E-state index in [9.17, 15) is 0 Å². The highest BCUT2D eigenvalue weighted by Gasteiger charge is 2.13. The molecule has 3 nitrogen and oxygen atoms in total. The second-order valence-electron chi connectivity index (χ2n) is 5.01. The summed E-state index contributed by atoms with van der Waals surface area (Å²) in [7, 11) is 0. The van der Waals surface area contributed by atoms with Gasteiger partial charge in [0.25, 0.3) is 0 Å². The highest BCUT2D eigenvalue weighted by molar-refractivity contribution is 6.17. The molecule has 1 atom stereocenters. The van der Waals surface area contributed by atoms with Crippen LogP contribution in [0, 0.1) is 5.92 Å². The van der Waals surface area contributed by atoms with Crippen molar-refractivity contribution >= 4 is 11.6 Å². The minimum atomic E-state index is 0.479. The molecule has 0 aliphatic carbocycles. The maximum absolute atomic E-state index is 5.85. The number of aryl methyl sites for hydroxylation is 2. The van der Waals surface area contributed by atoms with Gasteiger partial charge in [-0.25, -0.2) is 0 Å². The molecule has 0 aliphatic heterocycles. The number of hydrogen-bond donors (Lipinski definition) is 1. The summed E-state index contributed by atoms with van der Waals surface area (Å²) in [5, 5.41) is 8.17. The summed E-state index contributed by atoms with van der Waals surface area (Å²) < 4.78 is 2.09. The van der Waals surface area contributed by atoms with Gasteiger partial charge in [-0.2, -0.15) is 5.10 Å². The lowest BCUT2D eigenvalue weighted by atomic mass is 10.0. The average molecular weight is 272 g/mol. The molecule has 1 unspecified atom stereocenters. The van der Waals surface area contributed by atoms with E-state index in [1.165, 1.54) is 11.4 Å². The molecule has 18 heavy (non-hydrogen) atoms. The minimum Gasteiger partial charge on any atom is -0.308 e. The molecular formula is C14H26ClN3. The number of nitrogens with one attached hydrogen (secondary N) is 1. The normalized spacial score (nSPS) is 13.2. The van der Waals surface area contributed by atoms with Gasteiger partial charge in [-0.15, -0.1) is 11.6 Å². The number of aromatic nitrogens is 2. The van der Waals surface area contributed by atoms with Crippen molar-refractivity contribution in [2.45, 2.75) is 59.7 Å². The molecular weight excluding hydrogens is 246 g/mol. The SMILES string of the molecule is CCc1cc(CNC(CCCl)C(C)C)n(CC)n1. The Bertz CT molecular complexity index is 347. The van der Waals surface area contributed by atoms with Gasteiger partial charge in [-0.3, -0.25) is 4.68 Å². The van der Waals surface area contributed by atoms with Gasteiger partial charge in [0, 0.05) is 25.0 Å². The van der Waals surface area contributed by atoms with Gasteiger partial charge in [0.2, 0.25) is 0 Å². The van der Waals surface area contributed by atoms with Crippen LogP contribution in [0.15, 0.2) is 6.07 Å². The minimum absolute atomic E-state index is 0.479. The molecule has 0 saturated heterocycles. The van der Waals surface area contributed by atoms with Crippen molar-refractivity contribution in [2.24, 2.45) is 5.92 Å². The Balaban J connectivity index is 2.63. The van der Waals surface area contributed by atoms with Crippen molar-refractivity contribution in [3.05, 3.63) is 17.5 Å². The monoisotopic (exact) mass is 271 g/mol. The molecule has 0 spiro atoms. The number of halogens is 1. The summed E-state index contributed by atoms with van der Waals surface area (Å²) in [6, 6.07) is 2.68. The van der Waals surface area contributed by atoms with Crippen LogP contribution in [0.3, 0.4) is 0 Å². The topological polar surface area (TPSA) is 29.9 Å². The van der Waals surface area contributed by atoms with Crippen molar-refractivity contribution in [1.29, 1.82) is 0 Å². The Labute approximate surface area is 116 Å². The van der Waals surface area contributed by atoms with Crippen molar-refractivity contribution in [2.75, 3.05) is 5.88 Å². The van der Waals surface area contributed by atoms with Gasteiger partial charge >= 0.3 is 0 Å². The first-order valence-corrected chi connectivity index (χ1v) is 7.50. The van der Waals surface area contributed by atoms with E-state index in [4.69, 9.17) is 11.6 Å². The third kappa shape index (κ3) is 4.29. The molecule has 1 rings (SSSR count). The van der Waals surface area contributed by atoms with Gasteiger partial charge in [0.05, 0.1) is 11.4 Å². The van der Waals surface area contributed by atoms with Crippen molar-refractivity contribution < 1.29 is 0 Å². The third-order valence-corrected chi connectivity index (χ3v) is 3.56. The summed E-state index contributed by atoms with van der Waals surface area (Å²) in [5.41, 5.74) is 2.45. The van der Waals surface area contributed by atoms with Gasteiger partial charge in [-0.05, 0) is 31.7 Å². The Morgan fingerprint density at radius 3 is 2.61 bits per heavy atom. The average Bonchev–Trinajstić information content (AvgIpc) is 2.76. The molecule has 4 heteroatoms. The van der Waals surface area contributed by atoms with Crippen molar-refractivity contribution in [3.63, 3.8) is 0 Å². The van der Waals surface area contributed by atoms with Crippen LogP contribution in [0.2, 0.25) is 0 Å². The first-order valence-electron chi connectivity index (χ1n) is 6.97. The molecule has 0 aromatic carbocycles. The van der Waals surface area contributed by atoms with Gasteiger partial charge in [-0.1, -0.05) is 20.8 Å². The first-order chi connectivity index (χ1) is 8.62. The second-order valence-corrected chi connectivity index (χ2v) is 5.38. The Morgan fingerprint density at radius 1 is 1.39 bits per heavy atom. The number of hydrogen-bond acceptors (Lipinski definition) is 2. The van der Waals surface area contributed by atoms with Crippen molar-refractivity contribution in [3.8, 4) is 0 Å². The molecule has 0 saturated carbocycles. The number of nitrogens with zero attached hydrogens (tertiary/aromatic N) is 2. The fourth-order valence-corrected chi connectivity index (χ4v) is 2.36. The second kappa shape index (κ2) is 7.80. The van der Waals surface area contributed by atoms with Crippen LogP contribution in [0.25, 0.3) is 0 Å². The molecule has 0 bridgehead atoms. The molecule has 0 aliphatic rings. The molecule has 1 aromatic rings. The largest absolute Gasteiger partial charge is 0.308 e. The van der Waals surface area contributed by atoms with E-state index in [0.29, 0.717) is 17.8 Å². The van der Waals surface area contributed by atoms with Crippen LogP contribution in [0.1, 0.15) is 45.5 Å². The van der Waals surface area contributed by atoms with Crippen LogP contribution in [0.4, 0.5) is 0 Å². The molecule has 1 aromatic heterocycles. The van der Waals surface area contributed by atoms with Crippen LogP contribution in [0.5, 0.6) is 0 Å². The zero-order chi connectivity index (χ0) is 13.5. The zero-order valence-electron chi connectivity index (χ0n) is 12.0. The van der Waals surface area contributed by atoms with Gasteiger partial charge in [0.15, 0.2) is 0 Å². The van der Waals surface area contributed by atoms with Crippen LogP contribution >= 0.6 is 11.6 Å². The van der Waals surface area contributed by atoms with E-state index in [1.807, 2.05) is 0 Å². The fourth-order valence-electron chi connectivity index (χ4n) is 2.13. The van der Waals surface area contributed by atoms with E-state index < -0.39 is 0 Å². The molecule has 0 radical (unpaired) electrons. The first kappa shape index (κ1) is 15.5. The lowest BCUT2D eigenvalue weighted by Gasteiger charge is -2.21. The van der Waals surface area contributed by atoms with E-state index in [0.717, 1.165) is 25.9 Å². The maximum Gasteiger partial charge on any atom is 0.0625 e. The maximum atomic E-state index is 5.85. The predicted octanol–water partition coefficient (Wildman–Crippen LogP) is 3.21. The van der Waals surface area contributed by atoms with E-state index in [-0.39, 0.29) is 0 Å². The van der Waals surface area contributed by atoms with Crippen molar-refractivity contribution in [1.82, 2.24) is 15.1 Å². The van der Waals surface area contributed by atoms with E-state index in [2.05, 4.69) is 48.9 Å². The lowest BCUT2D eigenvalue weighted by Crippen LogP contribution is -2.34. The number of alkyl halides is 1. The third-order valence-electron chi connectivity index (χ3n) is 3.35. The molecule has 0 amide bonds. The van der Waals surface area contributed by atoms with Crippen LogP contribution < -0.4 is 5.32 Å². The molecule has 1 N–H and O–H groups in total. The van der Waals surface area contributed by atoms with Gasteiger partial charge < -0.3 is 5.32 Å². The van der Waals surface area contributed by atoms with Gasteiger partial charge in [0.1, 0.15) is 0 Å². The van der Waals surface area contributed by atoms with E-state index in [1.54, 1.807) is 0 Å². The molecule has 0 fully saturated rings. The Morgan fingerprint density at radius 2 is 2.11 bits per heavy atom. The van der Waals surface area contributed by atoms with Crippen LogP contribution in [-0.2, 0) is 19.5 Å². The lowest BCUT2D eigenvalue weighted by molar-refractivity contribution is 0.382. The highest BCUT2D eigenvalue weighted by atomic mass is 35.5. The molecule has 1 heterocycles. The summed E-state index contributed by atoms with van der Waals surface area (Å²) in [6.07, 6.45) is 2.01.